The Bertz CT molecular complexity index is 376. The van der Waals surface area contributed by atoms with Crippen LogP contribution in [0.2, 0.25) is 0 Å². The summed E-state index contributed by atoms with van der Waals surface area (Å²) in [6.45, 7) is -0.263. The van der Waals surface area contributed by atoms with Gasteiger partial charge in [0, 0.05) is 10.5 Å². The van der Waals surface area contributed by atoms with E-state index < -0.39 is 5.97 Å². The second-order valence-electron chi connectivity index (χ2n) is 3.37. The van der Waals surface area contributed by atoms with Gasteiger partial charge in [-0.25, -0.2) is 4.79 Å². The first-order valence-electron chi connectivity index (χ1n) is 4.86. The van der Waals surface area contributed by atoms with E-state index >= 15 is 0 Å². The molecular formula is C11H12O3S. The Hall–Kier alpha value is -1.16. The fraction of sp³-hybridized carbons (Fsp3) is 0.364. The Balaban J connectivity index is 2.19. The molecule has 0 radical (unpaired) electrons. The third kappa shape index (κ3) is 2.45. The molecule has 0 unspecified atom stereocenters. The number of hydrogen-bond acceptors (Lipinski definition) is 3. The summed E-state index contributed by atoms with van der Waals surface area (Å²) in [5.41, 5.74) is 1.16. The highest BCUT2D eigenvalue weighted by molar-refractivity contribution is 7.99. The number of thioether (sulfide) groups is 1. The van der Waals surface area contributed by atoms with Crippen LogP contribution in [-0.2, 0) is 11.2 Å². The van der Waals surface area contributed by atoms with E-state index in [1.807, 2.05) is 23.9 Å². The zero-order valence-corrected chi connectivity index (χ0v) is 9.05. The van der Waals surface area contributed by atoms with Crippen molar-refractivity contribution in [3.63, 3.8) is 0 Å². The summed E-state index contributed by atoms with van der Waals surface area (Å²) >= 11 is 1.81. The second-order valence-corrected chi connectivity index (χ2v) is 4.50. The van der Waals surface area contributed by atoms with Crippen LogP contribution in [0.4, 0.5) is 0 Å². The number of ether oxygens (including phenoxy) is 1. The average Bonchev–Trinajstić information content (AvgIpc) is 2.26. The van der Waals surface area contributed by atoms with Crippen LogP contribution in [0.1, 0.15) is 12.0 Å². The van der Waals surface area contributed by atoms with E-state index in [0.29, 0.717) is 0 Å². The van der Waals surface area contributed by atoms with E-state index in [0.717, 1.165) is 29.9 Å². The maximum Gasteiger partial charge on any atom is 0.341 e. The summed E-state index contributed by atoms with van der Waals surface area (Å²) in [5.74, 6) is 0.924. The Morgan fingerprint density at radius 1 is 1.53 bits per heavy atom. The van der Waals surface area contributed by atoms with Gasteiger partial charge in [-0.15, -0.1) is 11.8 Å². The molecule has 2 rings (SSSR count). The Morgan fingerprint density at radius 3 is 3.20 bits per heavy atom. The molecule has 1 heterocycles. The highest BCUT2D eigenvalue weighted by Gasteiger charge is 2.14. The van der Waals surface area contributed by atoms with E-state index in [-0.39, 0.29) is 6.61 Å². The molecule has 80 valence electrons. The zero-order chi connectivity index (χ0) is 10.7. The van der Waals surface area contributed by atoms with Crippen LogP contribution in [0.25, 0.3) is 0 Å². The summed E-state index contributed by atoms with van der Waals surface area (Å²) < 4.78 is 5.25. The van der Waals surface area contributed by atoms with E-state index in [4.69, 9.17) is 9.84 Å². The van der Waals surface area contributed by atoms with Crippen molar-refractivity contribution in [1.29, 1.82) is 0 Å². The molecule has 15 heavy (non-hydrogen) atoms. The first-order valence-corrected chi connectivity index (χ1v) is 5.85. The minimum atomic E-state index is -0.934. The minimum Gasteiger partial charge on any atom is -0.482 e. The number of benzene rings is 1. The molecule has 0 aliphatic carbocycles. The molecule has 1 aromatic carbocycles. The van der Waals surface area contributed by atoms with Gasteiger partial charge in [-0.05, 0) is 30.7 Å². The molecule has 0 amide bonds. The van der Waals surface area contributed by atoms with Crippen molar-refractivity contribution in [2.45, 2.75) is 17.7 Å². The number of carboxylic acid groups (broad SMARTS) is 1. The van der Waals surface area contributed by atoms with E-state index in [2.05, 4.69) is 6.07 Å². The highest BCUT2D eigenvalue weighted by Crippen LogP contribution is 2.35. The lowest BCUT2D eigenvalue weighted by Gasteiger charge is -2.18. The van der Waals surface area contributed by atoms with Gasteiger partial charge in [-0.2, -0.15) is 0 Å². The molecule has 0 saturated heterocycles. The summed E-state index contributed by atoms with van der Waals surface area (Å²) in [4.78, 5) is 11.6. The van der Waals surface area contributed by atoms with Crippen molar-refractivity contribution in [2.75, 3.05) is 12.4 Å². The van der Waals surface area contributed by atoms with Crippen molar-refractivity contribution < 1.29 is 14.6 Å². The lowest BCUT2D eigenvalue weighted by atomic mass is 10.1. The molecule has 0 bridgehead atoms. The van der Waals surface area contributed by atoms with Crippen LogP contribution in [0, 0.1) is 0 Å². The number of fused-ring (bicyclic) bond motifs is 1. The first kappa shape index (κ1) is 10.4. The molecule has 0 spiro atoms. The maximum atomic E-state index is 10.4. The van der Waals surface area contributed by atoms with Crippen LogP contribution < -0.4 is 4.74 Å². The van der Waals surface area contributed by atoms with Gasteiger partial charge in [-0.1, -0.05) is 6.07 Å². The van der Waals surface area contributed by atoms with Gasteiger partial charge in [0.15, 0.2) is 6.61 Å². The first-order chi connectivity index (χ1) is 7.27. The quantitative estimate of drug-likeness (QED) is 0.855. The van der Waals surface area contributed by atoms with Crippen LogP contribution in [-0.4, -0.2) is 23.4 Å². The molecule has 0 atom stereocenters. The number of hydrogen-bond donors (Lipinski definition) is 1. The molecule has 4 heteroatoms. The number of rotatable bonds is 3. The third-order valence-corrected chi connectivity index (χ3v) is 3.46. The van der Waals surface area contributed by atoms with Crippen molar-refractivity contribution in [2.24, 2.45) is 0 Å². The van der Waals surface area contributed by atoms with E-state index in [1.165, 1.54) is 4.90 Å². The topological polar surface area (TPSA) is 46.5 Å². The Morgan fingerprint density at radius 2 is 2.40 bits per heavy atom. The Labute approximate surface area is 92.4 Å². The minimum absolute atomic E-state index is 0.263. The standard InChI is InChI=1S/C11H12O3S/c12-11(13)7-14-9-4-1-5-10-8(9)3-2-6-15-10/h1,4-5H,2-3,6-7H2,(H,12,13). The van der Waals surface area contributed by atoms with Crippen LogP contribution in [0.5, 0.6) is 5.75 Å². The third-order valence-electron chi connectivity index (χ3n) is 2.27. The van der Waals surface area contributed by atoms with Gasteiger partial charge in [0.2, 0.25) is 0 Å². The molecule has 3 nitrogen and oxygen atoms in total. The maximum absolute atomic E-state index is 10.4. The average molecular weight is 224 g/mol. The Kier molecular flexibility index (Phi) is 3.16. The van der Waals surface area contributed by atoms with Gasteiger partial charge in [-0.3, -0.25) is 0 Å². The predicted octanol–water partition coefficient (Wildman–Crippen LogP) is 2.19. The molecule has 0 saturated carbocycles. The molecule has 1 aliphatic heterocycles. The molecule has 1 aliphatic rings. The molecule has 0 fully saturated rings. The number of carboxylic acids is 1. The molecule has 1 aromatic rings. The molecule has 1 N–H and O–H groups in total. The van der Waals surface area contributed by atoms with E-state index in [1.54, 1.807) is 0 Å². The predicted molar refractivity (Wildman–Crippen MR) is 58.6 cm³/mol. The van der Waals surface area contributed by atoms with Crippen LogP contribution in [0.15, 0.2) is 23.1 Å². The zero-order valence-electron chi connectivity index (χ0n) is 8.23. The van der Waals surface area contributed by atoms with Crippen molar-refractivity contribution in [3.05, 3.63) is 23.8 Å². The second kappa shape index (κ2) is 4.57. The van der Waals surface area contributed by atoms with Gasteiger partial charge in [0.05, 0.1) is 0 Å². The van der Waals surface area contributed by atoms with Crippen molar-refractivity contribution in [1.82, 2.24) is 0 Å². The summed E-state index contributed by atoms with van der Waals surface area (Å²) in [6.07, 6.45) is 2.11. The van der Waals surface area contributed by atoms with Gasteiger partial charge >= 0.3 is 5.97 Å². The lowest BCUT2D eigenvalue weighted by Crippen LogP contribution is -2.11. The summed E-state index contributed by atoms with van der Waals surface area (Å²) in [6, 6.07) is 5.81. The van der Waals surface area contributed by atoms with Crippen LogP contribution >= 0.6 is 11.8 Å². The normalized spacial score (nSPS) is 14.4. The SMILES string of the molecule is O=C(O)COc1cccc2c1CCCS2. The lowest BCUT2D eigenvalue weighted by molar-refractivity contribution is -0.139. The van der Waals surface area contributed by atoms with Gasteiger partial charge in [0.25, 0.3) is 0 Å². The van der Waals surface area contributed by atoms with E-state index in [9.17, 15) is 4.79 Å². The monoisotopic (exact) mass is 224 g/mol. The summed E-state index contributed by atoms with van der Waals surface area (Å²) in [7, 11) is 0. The van der Waals surface area contributed by atoms with Crippen LogP contribution in [0.3, 0.4) is 0 Å². The fourth-order valence-corrected chi connectivity index (χ4v) is 2.69. The highest BCUT2D eigenvalue weighted by atomic mass is 32.2. The van der Waals surface area contributed by atoms with Gasteiger partial charge in [0.1, 0.15) is 5.75 Å². The smallest absolute Gasteiger partial charge is 0.341 e. The fourth-order valence-electron chi connectivity index (χ4n) is 1.63. The summed E-state index contributed by atoms with van der Waals surface area (Å²) in [5, 5.41) is 8.55. The largest absolute Gasteiger partial charge is 0.482 e. The number of carbonyl (C=O) groups is 1. The van der Waals surface area contributed by atoms with Crippen molar-refractivity contribution >= 4 is 17.7 Å². The van der Waals surface area contributed by atoms with Gasteiger partial charge < -0.3 is 9.84 Å². The molecular weight excluding hydrogens is 212 g/mol. The number of aliphatic carboxylic acids is 1. The molecule has 0 aromatic heterocycles. The van der Waals surface area contributed by atoms with Crippen molar-refractivity contribution in [3.8, 4) is 5.75 Å².